The number of hydrogen-bond donors (Lipinski definition) is 3. The van der Waals surface area contributed by atoms with Crippen molar-refractivity contribution in [3.8, 4) is 5.75 Å². The van der Waals surface area contributed by atoms with Gasteiger partial charge in [-0.05, 0) is 53.9 Å². The average molecular weight is 473 g/mol. The van der Waals surface area contributed by atoms with E-state index < -0.39 is 23.5 Å². The lowest BCUT2D eigenvalue weighted by atomic mass is 9.99. The van der Waals surface area contributed by atoms with Crippen LogP contribution in [0, 0.1) is 5.82 Å². The van der Waals surface area contributed by atoms with Crippen LogP contribution in [0.15, 0.2) is 72.9 Å². The number of phenols is 1. The molecule has 0 aliphatic carbocycles. The predicted molar refractivity (Wildman–Crippen MR) is 125 cm³/mol. The van der Waals surface area contributed by atoms with E-state index in [4.69, 9.17) is 4.74 Å². The standard InChI is InChI=1S/C26H20FN3O5/c1-35-26(34)21-13-20(25(33)30-29-24(32)17-5-3-2-4-6-17)19-12-16(14-28-22(19)23(21)31)11-15-7-9-18(27)10-8-15/h2-10,12-14,31H,11H2,1H3,(H,29,32)(H,30,33). The van der Waals surface area contributed by atoms with E-state index in [1.54, 1.807) is 48.5 Å². The number of nitrogens with one attached hydrogen (secondary N) is 2. The summed E-state index contributed by atoms with van der Waals surface area (Å²) in [7, 11) is 1.14. The number of aromatic nitrogens is 1. The maximum absolute atomic E-state index is 13.2. The smallest absolute Gasteiger partial charge is 0.341 e. The first-order valence-corrected chi connectivity index (χ1v) is 10.5. The Morgan fingerprint density at radius 1 is 0.914 bits per heavy atom. The van der Waals surface area contributed by atoms with Gasteiger partial charge in [-0.15, -0.1) is 0 Å². The molecule has 4 rings (SSSR count). The minimum atomic E-state index is -0.857. The van der Waals surface area contributed by atoms with Gasteiger partial charge in [-0.3, -0.25) is 25.4 Å². The lowest BCUT2D eigenvalue weighted by Crippen LogP contribution is -2.41. The molecular formula is C26H20FN3O5. The second-order valence-corrected chi connectivity index (χ2v) is 7.63. The summed E-state index contributed by atoms with van der Waals surface area (Å²) in [6.07, 6.45) is 1.87. The largest absolute Gasteiger partial charge is 0.505 e. The molecule has 0 radical (unpaired) electrons. The zero-order valence-electron chi connectivity index (χ0n) is 18.5. The fourth-order valence-corrected chi connectivity index (χ4v) is 3.55. The summed E-state index contributed by atoms with van der Waals surface area (Å²) < 4.78 is 17.9. The van der Waals surface area contributed by atoms with Gasteiger partial charge in [-0.2, -0.15) is 0 Å². The molecule has 0 spiro atoms. The van der Waals surface area contributed by atoms with Crippen molar-refractivity contribution in [1.29, 1.82) is 0 Å². The van der Waals surface area contributed by atoms with Crippen molar-refractivity contribution in [3.05, 3.63) is 107 Å². The van der Waals surface area contributed by atoms with Crippen molar-refractivity contribution in [2.45, 2.75) is 6.42 Å². The first-order valence-electron chi connectivity index (χ1n) is 10.5. The molecule has 176 valence electrons. The van der Waals surface area contributed by atoms with E-state index in [2.05, 4.69) is 15.8 Å². The number of methoxy groups -OCH3 is 1. The molecule has 0 fully saturated rings. The van der Waals surface area contributed by atoms with Gasteiger partial charge in [0, 0.05) is 17.1 Å². The minimum Gasteiger partial charge on any atom is -0.505 e. The summed E-state index contributed by atoms with van der Waals surface area (Å²) in [5.74, 6) is -2.92. The summed E-state index contributed by atoms with van der Waals surface area (Å²) >= 11 is 0. The molecule has 8 nitrogen and oxygen atoms in total. The van der Waals surface area contributed by atoms with Gasteiger partial charge in [0.15, 0.2) is 5.75 Å². The Morgan fingerprint density at radius 2 is 1.60 bits per heavy atom. The van der Waals surface area contributed by atoms with E-state index in [9.17, 15) is 23.9 Å². The first kappa shape index (κ1) is 23.4. The number of nitrogens with zero attached hydrogens (tertiary/aromatic N) is 1. The van der Waals surface area contributed by atoms with Crippen LogP contribution in [0.1, 0.15) is 42.2 Å². The topological polar surface area (TPSA) is 118 Å². The van der Waals surface area contributed by atoms with Crippen molar-refractivity contribution in [3.63, 3.8) is 0 Å². The maximum atomic E-state index is 13.2. The molecule has 0 aliphatic heterocycles. The van der Waals surface area contributed by atoms with Crippen LogP contribution in [0.2, 0.25) is 0 Å². The lowest BCUT2D eigenvalue weighted by molar-refractivity contribution is 0.0597. The van der Waals surface area contributed by atoms with E-state index in [1.807, 2.05) is 0 Å². The van der Waals surface area contributed by atoms with Crippen LogP contribution < -0.4 is 10.9 Å². The number of carbonyl (C=O) groups is 3. The Bertz CT molecular complexity index is 1420. The van der Waals surface area contributed by atoms with Crippen molar-refractivity contribution in [2.75, 3.05) is 7.11 Å². The first-order chi connectivity index (χ1) is 16.9. The molecule has 0 saturated heterocycles. The highest BCUT2D eigenvalue weighted by atomic mass is 19.1. The number of benzene rings is 3. The molecule has 0 bridgehead atoms. The molecule has 0 saturated carbocycles. The van der Waals surface area contributed by atoms with Crippen LogP contribution in [0.4, 0.5) is 4.39 Å². The third-order valence-electron chi connectivity index (χ3n) is 5.30. The number of phenolic OH excluding ortho intramolecular Hbond substituents is 1. The lowest BCUT2D eigenvalue weighted by Gasteiger charge is -2.13. The van der Waals surface area contributed by atoms with Gasteiger partial charge in [0.05, 0.1) is 12.7 Å². The van der Waals surface area contributed by atoms with Gasteiger partial charge in [0.1, 0.15) is 16.9 Å². The Hall–Kier alpha value is -4.79. The number of hydrazine groups is 1. The zero-order chi connectivity index (χ0) is 24.9. The number of halogens is 1. The van der Waals surface area contributed by atoms with E-state index >= 15 is 0 Å². The average Bonchev–Trinajstić information content (AvgIpc) is 2.88. The molecular weight excluding hydrogens is 453 g/mol. The van der Waals surface area contributed by atoms with Gasteiger partial charge in [-0.25, -0.2) is 9.18 Å². The summed E-state index contributed by atoms with van der Waals surface area (Å²) in [4.78, 5) is 41.8. The molecule has 1 heterocycles. The van der Waals surface area contributed by atoms with Crippen LogP contribution in [0.25, 0.3) is 10.9 Å². The molecule has 1 aromatic heterocycles. The van der Waals surface area contributed by atoms with Crippen LogP contribution in [-0.4, -0.2) is 35.0 Å². The quantitative estimate of drug-likeness (QED) is 0.302. The summed E-state index contributed by atoms with van der Waals surface area (Å²) in [5, 5.41) is 10.9. The van der Waals surface area contributed by atoms with E-state index in [1.165, 1.54) is 24.4 Å². The zero-order valence-corrected chi connectivity index (χ0v) is 18.5. The highest BCUT2D eigenvalue weighted by molar-refractivity contribution is 6.12. The summed E-state index contributed by atoms with van der Waals surface area (Å²) in [6.45, 7) is 0. The van der Waals surface area contributed by atoms with Crippen molar-refractivity contribution in [2.24, 2.45) is 0 Å². The normalized spacial score (nSPS) is 10.6. The number of fused-ring (bicyclic) bond motifs is 1. The summed E-state index contributed by atoms with van der Waals surface area (Å²) in [5.41, 5.74) is 6.22. The van der Waals surface area contributed by atoms with E-state index in [0.717, 1.165) is 12.7 Å². The molecule has 0 unspecified atom stereocenters. The highest BCUT2D eigenvalue weighted by Gasteiger charge is 2.22. The van der Waals surface area contributed by atoms with Crippen molar-refractivity contribution >= 4 is 28.7 Å². The van der Waals surface area contributed by atoms with E-state index in [0.29, 0.717) is 17.5 Å². The third kappa shape index (κ3) is 5.09. The van der Waals surface area contributed by atoms with Gasteiger partial charge >= 0.3 is 5.97 Å². The molecule has 3 N–H and O–H groups in total. The molecule has 4 aromatic rings. The number of carbonyl (C=O) groups excluding carboxylic acids is 3. The van der Waals surface area contributed by atoms with Gasteiger partial charge in [0.25, 0.3) is 11.8 Å². The highest BCUT2D eigenvalue weighted by Crippen LogP contribution is 2.32. The van der Waals surface area contributed by atoms with Crippen LogP contribution in [0.5, 0.6) is 5.75 Å². The molecule has 0 aliphatic rings. The Morgan fingerprint density at radius 3 is 2.29 bits per heavy atom. The molecule has 2 amide bonds. The Balaban J connectivity index is 1.71. The predicted octanol–water partition coefficient (Wildman–Crippen LogP) is 3.53. The van der Waals surface area contributed by atoms with Gasteiger partial charge in [0.2, 0.25) is 0 Å². The SMILES string of the molecule is COC(=O)c1cc(C(=O)NNC(=O)c2ccccc2)c2cc(Cc3ccc(F)cc3)cnc2c1O. The molecule has 35 heavy (non-hydrogen) atoms. The van der Waals surface area contributed by atoms with Gasteiger partial charge in [-0.1, -0.05) is 30.3 Å². The third-order valence-corrected chi connectivity index (χ3v) is 5.30. The van der Waals surface area contributed by atoms with Crippen LogP contribution in [0.3, 0.4) is 0 Å². The number of aromatic hydroxyl groups is 1. The Kier molecular flexibility index (Phi) is 6.68. The van der Waals surface area contributed by atoms with Crippen LogP contribution >= 0.6 is 0 Å². The fraction of sp³-hybridized carbons (Fsp3) is 0.0769. The molecule has 3 aromatic carbocycles. The summed E-state index contributed by atoms with van der Waals surface area (Å²) in [6, 6.07) is 17.0. The second-order valence-electron chi connectivity index (χ2n) is 7.63. The van der Waals surface area contributed by atoms with Gasteiger partial charge < -0.3 is 9.84 Å². The van der Waals surface area contributed by atoms with Crippen molar-refractivity contribution in [1.82, 2.24) is 15.8 Å². The minimum absolute atomic E-state index is 0.00953. The fourth-order valence-electron chi connectivity index (χ4n) is 3.55. The molecule has 9 heteroatoms. The maximum Gasteiger partial charge on any atom is 0.341 e. The monoisotopic (exact) mass is 473 g/mol. The second kappa shape index (κ2) is 10.0. The number of ether oxygens (including phenoxy) is 1. The number of esters is 1. The van der Waals surface area contributed by atoms with E-state index in [-0.39, 0.29) is 27.8 Å². The van der Waals surface area contributed by atoms with Crippen molar-refractivity contribution < 1.29 is 28.6 Å². The number of pyridine rings is 1. The van der Waals surface area contributed by atoms with Crippen LogP contribution in [-0.2, 0) is 11.2 Å². The molecule has 0 atom stereocenters. The number of amides is 2. The number of hydrogen-bond acceptors (Lipinski definition) is 6. The Labute approximate surface area is 199 Å². The number of rotatable bonds is 5.